The van der Waals surface area contributed by atoms with Crippen LogP contribution in [0.5, 0.6) is 0 Å². The van der Waals surface area contributed by atoms with Crippen LogP contribution in [0.15, 0.2) is 24.3 Å². The molecule has 0 N–H and O–H groups in total. The van der Waals surface area contributed by atoms with Gasteiger partial charge in [-0.1, -0.05) is 17.7 Å². The monoisotopic (exact) mass is 216 g/mol. The fourth-order valence-corrected chi connectivity index (χ4v) is 1.51. The average molecular weight is 216 g/mol. The van der Waals surface area contributed by atoms with Gasteiger partial charge in [0.25, 0.3) is 5.91 Å². The van der Waals surface area contributed by atoms with Gasteiger partial charge in [0, 0.05) is 11.6 Å². The molecule has 0 bridgehead atoms. The summed E-state index contributed by atoms with van der Waals surface area (Å²) in [6, 6.07) is 9.48. The zero-order chi connectivity index (χ0) is 12.1. The molecule has 0 aliphatic rings. The van der Waals surface area contributed by atoms with Crippen LogP contribution in [0.3, 0.4) is 0 Å². The molecule has 0 aromatic heterocycles. The van der Waals surface area contributed by atoms with Gasteiger partial charge in [-0.05, 0) is 32.9 Å². The van der Waals surface area contributed by atoms with Gasteiger partial charge in [0.1, 0.15) is 6.54 Å². The van der Waals surface area contributed by atoms with Gasteiger partial charge in [0.05, 0.1) is 6.07 Å². The smallest absolute Gasteiger partial charge is 0.254 e. The Morgan fingerprint density at radius 2 is 2.19 bits per heavy atom. The van der Waals surface area contributed by atoms with Crippen molar-refractivity contribution in [2.75, 3.05) is 6.54 Å². The van der Waals surface area contributed by atoms with E-state index >= 15 is 0 Å². The first-order valence-electron chi connectivity index (χ1n) is 5.31. The van der Waals surface area contributed by atoms with Gasteiger partial charge in [-0.2, -0.15) is 5.26 Å². The van der Waals surface area contributed by atoms with E-state index in [2.05, 4.69) is 0 Å². The Bertz CT molecular complexity index is 418. The number of rotatable bonds is 3. The molecule has 3 nitrogen and oxygen atoms in total. The van der Waals surface area contributed by atoms with E-state index in [1.54, 1.807) is 11.0 Å². The first-order valence-corrected chi connectivity index (χ1v) is 5.31. The molecule has 0 saturated carbocycles. The number of carbonyl (C=O) groups excluding carboxylic acids is 1. The highest BCUT2D eigenvalue weighted by molar-refractivity contribution is 5.94. The summed E-state index contributed by atoms with van der Waals surface area (Å²) in [5.41, 5.74) is 1.69. The molecule has 1 rings (SSSR count). The van der Waals surface area contributed by atoms with Crippen LogP contribution in [0.25, 0.3) is 0 Å². The fourth-order valence-electron chi connectivity index (χ4n) is 1.51. The average Bonchev–Trinajstić information content (AvgIpc) is 2.24. The zero-order valence-corrected chi connectivity index (χ0v) is 9.90. The van der Waals surface area contributed by atoms with Crippen LogP contribution in [0.2, 0.25) is 0 Å². The van der Waals surface area contributed by atoms with Crippen molar-refractivity contribution in [3.8, 4) is 6.07 Å². The van der Waals surface area contributed by atoms with Crippen molar-refractivity contribution in [2.45, 2.75) is 26.8 Å². The lowest BCUT2D eigenvalue weighted by Gasteiger charge is -2.23. The highest BCUT2D eigenvalue weighted by atomic mass is 16.2. The zero-order valence-electron chi connectivity index (χ0n) is 9.90. The summed E-state index contributed by atoms with van der Waals surface area (Å²) in [5, 5.41) is 8.69. The summed E-state index contributed by atoms with van der Waals surface area (Å²) in [6.45, 7) is 5.89. The minimum absolute atomic E-state index is 0.0349. The van der Waals surface area contributed by atoms with Gasteiger partial charge >= 0.3 is 0 Å². The van der Waals surface area contributed by atoms with E-state index in [9.17, 15) is 4.79 Å². The lowest BCUT2D eigenvalue weighted by atomic mass is 10.1. The van der Waals surface area contributed by atoms with Crippen molar-refractivity contribution in [1.82, 2.24) is 4.90 Å². The maximum Gasteiger partial charge on any atom is 0.254 e. The molecule has 0 spiro atoms. The first kappa shape index (κ1) is 12.3. The van der Waals surface area contributed by atoms with E-state index in [4.69, 9.17) is 5.26 Å². The number of amides is 1. The molecular formula is C13H16N2O. The fraction of sp³-hybridized carbons (Fsp3) is 0.385. The van der Waals surface area contributed by atoms with E-state index in [0.717, 1.165) is 5.56 Å². The van der Waals surface area contributed by atoms with E-state index in [0.29, 0.717) is 5.56 Å². The van der Waals surface area contributed by atoms with Crippen LogP contribution in [0, 0.1) is 18.3 Å². The van der Waals surface area contributed by atoms with E-state index < -0.39 is 0 Å². The third-order valence-electron chi connectivity index (χ3n) is 2.39. The van der Waals surface area contributed by atoms with Gasteiger partial charge in [0.15, 0.2) is 0 Å². The van der Waals surface area contributed by atoms with E-state index in [1.165, 1.54) is 0 Å². The number of nitrogens with zero attached hydrogens (tertiary/aromatic N) is 2. The molecule has 0 aliphatic heterocycles. The number of carbonyl (C=O) groups is 1. The summed E-state index contributed by atoms with van der Waals surface area (Å²) in [7, 11) is 0. The molecule has 1 aromatic rings. The quantitative estimate of drug-likeness (QED) is 0.728. The summed E-state index contributed by atoms with van der Waals surface area (Å²) in [5.74, 6) is -0.0831. The second-order valence-electron chi connectivity index (χ2n) is 4.05. The van der Waals surface area contributed by atoms with Crippen LogP contribution in [0.1, 0.15) is 29.8 Å². The van der Waals surface area contributed by atoms with Crippen molar-refractivity contribution in [3.05, 3.63) is 35.4 Å². The number of nitriles is 1. The molecule has 0 aliphatic carbocycles. The highest BCUT2D eigenvalue weighted by Gasteiger charge is 2.17. The Kier molecular flexibility index (Phi) is 4.07. The molecule has 3 heteroatoms. The molecule has 0 unspecified atom stereocenters. The van der Waals surface area contributed by atoms with Crippen molar-refractivity contribution in [2.24, 2.45) is 0 Å². The van der Waals surface area contributed by atoms with Gasteiger partial charge < -0.3 is 4.90 Å². The summed E-state index contributed by atoms with van der Waals surface area (Å²) in [4.78, 5) is 13.7. The Balaban J connectivity index is 2.95. The van der Waals surface area contributed by atoms with Gasteiger partial charge in [-0.3, -0.25) is 4.79 Å². The molecule has 1 amide bonds. The standard InChI is InChI=1S/C13H16N2O/c1-10(2)15(8-7-14)13(16)12-6-4-5-11(3)9-12/h4-6,9-10H,8H2,1-3H3. The number of hydrogen-bond donors (Lipinski definition) is 0. The maximum absolute atomic E-state index is 12.1. The van der Waals surface area contributed by atoms with Crippen molar-refractivity contribution in [1.29, 1.82) is 5.26 Å². The lowest BCUT2D eigenvalue weighted by molar-refractivity contribution is 0.0731. The highest BCUT2D eigenvalue weighted by Crippen LogP contribution is 2.10. The summed E-state index contributed by atoms with van der Waals surface area (Å²) >= 11 is 0. The Hall–Kier alpha value is -1.82. The minimum Gasteiger partial charge on any atom is -0.323 e. The van der Waals surface area contributed by atoms with Gasteiger partial charge in [-0.25, -0.2) is 0 Å². The van der Waals surface area contributed by atoms with Crippen molar-refractivity contribution in [3.63, 3.8) is 0 Å². The molecule has 0 radical (unpaired) electrons. The molecular weight excluding hydrogens is 200 g/mol. The molecule has 0 atom stereocenters. The van der Waals surface area contributed by atoms with E-state index in [-0.39, 0.29) is 18.5 Å². The van der Waals surface area contributed by atoms with Crippen LogP contribution >= 0.6 is 0 Å². The van der Waals surface area contributed by atoms with Crippen LogP contribution in [0.4, 0.5) is 0 Å². The lowest BCUT2D eigenvalue weighted by Crippen LogP contribution is -2.37. The largest absolute Gasteiger partial charge is 0.323 e. The molecule has 0 saturated heterocycles. The summed E-state index contributed by atoms with van der Waals surface area (Å²) < 4.78 is 0. The summed E-state index contributed by atoms with van der Waals surface area (Å²) in [6.07, 6.45) is 0. The van der Waals surface area contributed by atoms with Crippen LogP contribution in [-0.2, 0) is 0 Å². The van der Waals surface area contributed by atoms with Crippen LogP contribution < -0.4 is 0 Å². The van der Waals surface area contributed by atoms with Crippen molar-refractivity contribution >= 4 is 5.91 Å². The van der Waals surface area contributed by atoms with Gasteiger partial charge in [-0.15, -0.1) is 0 Å². The molecule has 0 fully saturated rings. The minimum atomic E-state index is -0.0831. The molecule has 0 heterocycles. The topological polar surface area (TPSA) is 44.1 Å². The maximum atomic E-state index is 12.1. The predicted octanol–water partition coefficient (Wildman–Crippen LogP) is 2.37. The van der Waals surface area contributed by atoms with E-state index in [1.807, 2.05) is 45.0 Å². The first-order chi connectivity index (χ1) is 7.56. The Labute approximate surface area is 96.3 Å². The third-order valence-corrected chi connectivity index (χ3v) is 2.39. The van der Waals surface area contributed by atoms with Crippen molar-refractivity contribution < 1.29 is 4.79 Å². The second kappa shape index (κ2) is 5.32. The molecule has 16 heavy (non-hydrogen) atoms. The SMILES string of the molecule is Cc1cccc(C(=O)N(CC#N)C(C)C)c1. The number of hydrogen-bond acceptors (Lipinski definition) is 2. The Morgan fingerprint density at radius 3 is 2.69 bits per heavy atom. The second-order valence-corrected chi connectivity index (χ2v) is 4.05. The number of aryl methyl sites for hydroxylation is 1. The number of benzene rings is 1. The van der Waals surface area contributed by atoms with Gasteiger partial charge in [0.2, 0.25) is 0 Å². The molecule has 1 aromatic carbocycles. The predicted molar refractivity (Wildman–Crippen MR) is 63.0 cm³/mol. The molecule has 84 valence electrons. The normalized spacial score (nSPS) is 9.94. The van der Waals surface area contributed by atoms with Crippen LogP contribution in [-0.4, -0.2) is 23.4 Å². The third kappa shape index (κ3) is 2.83. The Morgan fingerprint density at radius 1 is 1.50 bits per heavy atom.